The fourth-order valence-corrected chi connectivity index (χ4v) is 4.17. The second-order valence-corrected chi connectivity index (χ2v) is 8.23. The van der Waals surface area contributed by atoms with E-state index in [1.807, 2.05) is 42.3 Å². The first kappa shape index (κ1) is 24.0. The Morgan fingerprint density at radius 2 is 1.91 bits per heavy atom. The minimum atomic E-state index is -1.15. The highest BCUT2D eigenvalue weighted by molar-refractivity contribution is 6.30. The predicted octanol–water partition coefficient (Wildman–Crippen LogP) is 1.94. The maximum atomic E-state index is 12.3. The molecule has 1 aliphatic carbocycles. The van der Waals surface area contributed by atoms with Gasteiger partial charge < -0.3 is 25.0 Å². The van der Waals surface area contributed by atoms with Crippen LogP contribution in [0.4, 0.5) is 0 Å². The second-order valence-electron chi connectivity index (χ2n) is 7.79. The van der Waals surface area contributed by atoms with Crippen LogP contribution in [0.3, 0.4) is 0 Å². The van der Waals surface area contributed by atoms with Gasteiger partial charge in [0.2, 0.25) is 5.91 Å². The van der Waals surface area contributed by atoms with Gasteiger partial charge in [0.1, 0.15) is 31.2 Å². The highest BCUT2D eigenvalue weighted by atomic mass is 35.5. The summed E-state index contributed by atoms with van der Waals surface area (Å²) in [4.78, 5) is 24.9. The van der Waals surface area contributed by atoms with E-state index in [2.05, 4.69) is 5.32 Å². The van der Waals surface area contributed by atoms with E-state index in [0.717, 1.165) is 5.56 Å². The van der Waals surface area contributed by atoms with Crippen LogP contribution in [0.5, 0.6) is 5.75 Å². The number of aliphatic hydroxyl groups excluding tert-OH is 1. The lowest BCUT2D eigenvalue weighted by atomic mass is 10.1. The first-order valence-electron chi connectivity index (χ1n) is 10.3. The predicted molar refractivity (Wildman–Crippen MR) is 119 cm³/mol. The van der Waals surface area contributed by atoms with Crippen molar-refractivity contribution < 1.29 is 29.3 Å². The van der Waals surface area contributed by atoms with E-state index in [-0.39, 0.29) is 6.61 Å². The molecule has 1 fully saturated rings. The fourth-order valence-electron chi connectivity index (χ4n) is 3.99. The molecular weight excluding hydrogens is 436 g/mol. The minimum Gasteiger partial charge on any atom is -0.488 e. The van der Waals surface area contributed by atoms with Crippen LogP contribution in [-0.2, 0) is 20.9 Å². The molecule has 1 amide bonds. The Morgan fingerprint density at radius 1 is 1.16 bits per heavy atom. The maximum Gasteiger partial charge on any atom is 0.329 e. The first-order chi connectivity index (χ1) is 15.3. The van der Waals surface area contributed by atoms with E-state index in [1.54, 1.807) is 24.3 Å². The van der Waals surface area contributed by atoms with Crippen molar-refractivity contribution >= 4 is 23.5 Å². The minimum absolute atomic E-state index is 0.363. The molecule has 0 spiro atoms. The van der Waals surface area contributed by atoms with Gasteiger partial charge >= 0.3 is 5.97 Å². The number of ether oxygens (including phenoxy) is 2. The summed E-state index contributed by atoms with van der Waals surface area (Å²) in [5.41, 5.74) is 1.07. The molecular formula is C23H27ClN2O6. The lowest BCUT2D eigenvalue weighted by molar-refractivity contribution is -0.143. The summed E-state index contributed by atoms with van der Waals surface area (Å²) in [5.74, 6) is -1.07. The number of carbonyl (C=O) groups is 2. The van der Waals surface area contributed by atoms with Crippen LogP contribution in [0.2, 0.25) is 5.02 Å². The van der Waals surface area contributed by atoms with Crippen LogP contribution < -0.4 is 10.1 Å². The van der Waals surface area contributed by atoms with Crippen molar-refractivity contribution in [3.8, 4) is 5.75 Å². The number of benzene rings is 2. The molecule has 0 aromatic heterocycles. The topological polar surface area (TPSA) is 108 Å². The molecule has 0 heterocycles. The average Bonchev–Trinajstić information content (AvgIpc) is 3.03. The number of carbonyl (C=O) groups excluding carboxylic acids is 1. The lowest BCUT2D eigenvalue weighted by Gasteiger charge is -2.32. The molecule has 3 N–H and O–H groups in total. The number of carboxylic acid groups (broad SMARTS) is 1. The third-order valence-corrected chi connectivity index (χ3v) is 5.54. The van der Waals surface area contributed by atoms with Gasteiger partial charge in [-0.1, -0.05) is 48.0 Å². The van der Waals surface area contributed by atoms with Crippen LogP contribution in [0.15, 0.2) is 54.6 Å². The number of carboxylic acids is 1. The average molecular weight is 463 g/mol. The standard InChI is InChI=1S/C23H27ClN2O6/c1-26(12-15-6-3-2-4-7-15)22-18(25-20(27)13-31-14-21(28)29)11-19(23(22)30)32-17-9-5-8-16(24)10-17/h2-10,18-19,22-23,30H,11-14H2,1H3,(H,25,27)(H,28,29)/t18-,19-,22+,23+/m1/s1. The van der Waals surface area contributed by atoms with E-state index in [9.17, 15) is 14.7 Å². The van der Waals surface area contributed by atoms with Crippen LogP contribution in [0, 0.1) is 0 Å². The molecule has 0 saturated heterocycles. The van der Waals surface area contributed by atoms with Crippen molar-refractivity contribution in [1.29, 1.82) is 0 Å². The molecule has 2 aromatic rings. The summed E-state index contributed by atoms with van der Waals surface area (Å²) < 4.78 is 10.9. The Hall–Kier alpha value is -2.65. The zero-order chi connectivity index (χ0) is 23.1. The Labute approximate surface area is 191 Å². The molecule has 1 aliphatic rings. The molecule has 4 atom stereocenters. The van der Waals surface area contributed by atoms with Gasteiger partial charge in [-0.05, 0) is 30.8 Å². The summed E-state index contributed by atoms with van der Waals surface area (Å²) >= 11 is 6.04. The summed E-state index contributed by atoms with van der Waals surface area (Å²) in [7, 11) is 1.88. The zero-order valence-corrected chi connectivity index (χ0v) is 18.4. The Morgan fingerprint density at radius 3 is 2.59 bits per heavy atom. The van der Waals surface area contributed by atoms with Crippen molar-refractivity contribution in [2.75, 3.05) is 20.3 Å². The Balaban J connectivity index is 1.72. The normalized spacial score (nSPS) is 22.6. The van der Waals surface area contributed by atoms with Gasteiger partial charge in [-0.25, -0.2) is 4.79 Å². The fraction of sp³-hybridized carbons (Fsp3) is 0.391. The molecule has 3 rings (SSSR count). The number of amides is 1. The summed E-state index contributed by atoms with van der Waals surface area (Å²) in [6.07, 6.45) is -1.09. The number of nitrogens with zero attached hydrogens (tertiary/aromatic N) is 1. The van der Waals surface area contributed by atoms with E-state index < -0.39 is 42.8 Å². The van der Waals surface area contributed by atoms with Crippen molar-refractivity contribution in [1.82, 2.24) is 10.2 Å². The first-order valence-corrected chi connectivity index (χ1v) is 10.6. The third kappa shape index (κ3) is 6.67. The Kier molecular flexibility index (Phi) is 8.46. The maximum absolute atomic E-state index is 12.3. The molecule has 32 heavy (non-hydrogen) atoms. The summed E-state index contributed by atoms with van der Waals surface area (Å²) in [6.45, 7) is -0.374. The lowest BCUT2D eigenvalue weighted by Crippen LogP contribution is -2.52. The third-order valence-electron chi connectivity index (χ3n) is 5.30. The largest absolute Gasteiger partial charge is 0.488 e. The van der Waals surface area contributed by atoms with Gasteiger partial charge in [0.05, 0.1) is 12.1 Å². The highest BCUT2D eigenvalue weighted by Gasteiger charge is 2.46. The number of hydrogen-bond donors (Lipinski definition) is 3. The molecule has 0 aliphatic heterocycles. The van der Waals surface area contributed by atoms with Gasteiger partial charge in [0.25, 0.3) is 0 Å². The van der Waals surface area contributed by atoms with Crippen LogP contribution in [-0.4, -0.2) is 71.5 Å². The van der Waals surface area contributed by atoms with Crippen LogP contribution in [0.1, 0.15) is 12.0 Å². The van der Waals surface area contributed by atoms with E-state index in [4.69, 9.17) is 26.2 Å². The van der Waals surface area contributed by atoms with Gasteiger partial charge in [-0.3, -0.25) is 9.69 Å². The van der Waals surface area contributed by atoms with Crippen molar-refractivity contribution in [2.45, 2.75) is 37.3 Å². The number of nitrogens with one attached hydrogen (secondary N) is 1. The molecule has 9 heteroatoms. The van der Waals surface area contributed by atoms with E-state index in [1.165, 1.54) is 0 Å². The quantitative estimate of drug-likeness (QED) is 0.495. The van der Waals surface area contributed by atoms with Crippen molar-refractivity contribution in [2.24, 2.45) is 0 Å². The van der Waals surface area contributed by atoms with Gasteiger partial charge in [0.15, 0.2) is 0 Å². The molecule has 0 bridgehead atoms. The van der Waals surface area contributed by atoms with E-state index >= 15 is 0 Å². The number of aliphatic hydroxyl groups is 1. The highest BCUT2D eigenvalue weighted by Crippen LogP contribution is 2.30. The summed E-state index contributed by atoms with van der Waals surface area (Å²) in [5, 5.41) is 23.2. The van der Waals surface area contributed by atoms with Gasteiger partial charge in [-0.2, -0.15) is 0 Å². The molecule has 1 saturated carbocycles. The number of likely N-dealkylation sites (N-methyl/N-ethyl adjacent to an activating group) is 1. The van der Waals surface area contributed by atoms with Gasteiger partial charge in [-0.15, -0.1) is 0 Å². The molecule has 2 aromatic carbocycles. The van der Waals surface area contributed by atoms with Gasteiger partial charge in [0, 0.05) is 18.0 Å². The molecule has 0 radical (unpaired) electrons. The van der Waals surface area contributed by atoms with Crippen LogP contribution >= 0.6 is 11.6 Å². The Bertz CT molecular complexity index is 912. The SMILES string of the molecule is CN(Cc1ccccc1)[C@@H]1[C@@H](O)[C@H](Oc2cccc(Cl)c2)C[C@H]1NC(=O)COCC(=O)O. The summed E-state index contributed by atoms with van der Waals surface area (Å²) in [6, 6.07) is 15.9. The molecule has 172 valence electrons. The smallest absolute Gasteiger partial charge is 0.329 e. The monoisotopic (exact) mass is 462 g/mol. The van der Waals surface area contributed by atoms with Crippen molar-refractivity contribution in [3.05, 3.63) is 65.2 Å². The molecule has 0 unspecified atom stereocenters. The molecule has 8 nitrogen and oxygen atoms in total. The second kappa shape index (κ2) is 11.3. The number of hydrogen-bond acceptors (Lipinski definition) is 6. The number of aliphatic carboxylic acids is 1. The van der Waals surface area contributed by atoms with Crippen LogP contribution in [0.25, 0.3) is 0 Å². The number of halogens is 1. The zero-order valence-electron chi connectivity index (χ0n) is 17.7. The number of rotatable bonds is 10. The van der Waals surface area contributed by atoms with E-state index in [0.29, 0.717) is 23.7 Å². The van der Waals surface area contributed by atoms with Crippen molar-refractivity contribution in [3.63, 3.8) is 0 Å².